The van der Waals surface area contributed by atoms with Gasteiger partial charge in [-0.1, -0.05) is 6.92 Å². The summed E-state index contributed by atoms with van der Waals surface area (Å²) in [5.41, 5.74) is 0. The fraction of sp³-hybridized carbons (Fsp3) is 1.00. The normalized spacial score (nSPS) is 46.3. The quantitative estimate of drug-likeness (QED) is 0.747. The van der Waals surface area contributed by atoms with Crippen LogP contribution in [-0.2, 0) is 25.9 Å². The Balaban J connectivity index is 2.20. The zero-order valence-electron chi connectivity index (χ0n) is 13.3. The molecule has 2 saturated heterocycles. The largest absolute Gasteiger partial charge is 0.562 e. The minimum Gasteiger partial charge on any atom is -0.390 e. The van der Waals surface area contributed by atoms with Gasteiger partial charge in [-0.05, 0) is 26.2 Å². The summed E-state index contributed by atoms with van der Waals surface area (Å²) < 4.78 is 34.7. The Hall–Kier alpha value is 0.371. The maximum atomic E-state index is 10.3. The Morgan fingerprint density at radius 3 is 2.57 bits per heavy atom. The van der Waals surface area contributed by atoms with E-state index in [0.29, 0.717) is 6.42 Å². The lowest BCUT2D eigenvalue weighted by Gasteiger charge is -2.40. The van der Waals surface area contributed by atoms with Crippen LogP contribution in [0.25, 0.3) is 0 Å². The van der Waals surface area contributed by atoms with E-state index in [2.05, 4.69) is 6.92 Å². The van der Waals surface area contributed by atoms with Gasteiger partial charge < -0.3 is 30.7 Å². The highest BCUT2D eigenvalue weighted by molar-refractivity contribution is 6.71. The molecule has 2 heterocycles. The highest BCUT2D eigenvalue weighted by Crippen LogP contribution is 2.28. The molecule has 10 heteroatoms. The molecule has 0 aromatic heterocycles. The van der Waals surface area contributed by atoms with Crippen molar-refractivity contribution in [1.29, 1.82) is 0 Å². The molecule has 5 atom stereocenters. The van der Waals surface area contributed by atoms with Gasteiger partial charge in [-0.2, -0.15) is 0 Å². The fourth-order valence-electron chi connectivity index (χ4n) is 2.53. The van der Waals surface area contributed by atoms with Gasteiger partial charge >= 0.3 is 27.1 Å². The van der Waals surface area contributed by atoms with Crippen LogP contribution in [0.1, 0.15) is 33.1 Å². The Bertz CT molecular complexity index is 359. The minimum absolute atomic E-state index is 0.0274. The molecule has 0 aromatic rings. The van der Waals surface area contributed by atoms with Gasteiger partial charge in [0.1, 0.15) is 0 Å². The molecule has 2 aliphatic rings. The molecule has 0 spiro atoms. The van der Waals surface area contributed by atoms with Crippen LogP contribution in [0.3, 0.4) is 0 Å². The van der Waals surface area contributed by atoms with Crippen LogP contribution >= 0.6 is 0 Å². The van der Waals surface area contributed by atoms with E-state index < -0.39 is 27.1 Å². The van der Waals surface area contributed by atoms with E-state index in [0.717, 1.165) is 12.8 Å². The van der Waals surface area contributed by atoms with Gasteiger partial charge in [-0.25, -0.2) is 0 Å². The average molecular weight is 354 g/mol. The van der Waals surface area contributed by atoms with E-state index >= 15 is 0 Å². The molecule has 5 unspecified atom stereocenters. The summed E-state index contributed by atoms with van der Waals surface area (Å²) in [5.74, 6) is 0. The van der Waals surface area contributed by atoms with Crippen molar-refractivity contribution in [3.05, 3.63) is 0 Å². The van der Waals surface area contributed by atoms with Crippen LogP contribution in [-0.4, -0.2) is 57.4 Å². The Morgan fingerprint density at radius 2 is 1.95 bits per heavy atom. The van der Waals surface area contributed by atoms with E-state index in [4.69, 9.17) is 25.9 Å². The van der Waals surface area contributed by atoms with Gasteiger partial charge in [-0.15, -0.1) is 0 Å². The molecule has 2 fully saturated rings. The molecule has 0 aromatic carbocycles. The molecule has 2 aliphatic heterocycles. The minimum atomic E-state index is -3.25. The third-order valence-electron chi connectivity index (χ3n) is 3.55. The topological polar surface area (TPSA) is 75.6 Å². The molecule has 1 N–H and O–H groups in total. The highest BCUT2D eigenvalue weighted by atomic mass is 28.5. The summed E-state index contributed by atoms with van der Waals surface area (Å²) in [7, 11) is -6.65. The van der Waals surface area contributed by atoms with Gasteiger partial charge in [0.25, 0.3) is 0 Å². The molecule has 2 bridgehead atoms. The SMILES string of the molecule is CCC1CC2CC(C)O[Si](C)(O)O[Si](O2)O[Si](C)(OC)O1. The van der Waals surface area contributed by atoms with Crippen LogP contribution < -0.4 is 0 Å². The van der Waals surface area contributed by atoms with Gasteiger partial charge in [-0.3, -0.25) is 0 Å². The van der Waals surface area contributed by atoms with Gasteiger partial charge in [0.05, 0.1) is 12.2 Å². The van der Waals surface area contributed by atoms with E-state index in [1.165, 1.54) is 0 Å². The van der Waals surface area contributed by atoms with Crippen molar-refractivity contribution in [1.82, 2.24) is 0 Å². The standard InChI is InChI=1S/C11H25O7Si3/c1-6-10-8-11-7-9(2)15-20(4,12)17-19(14-11)18-21(5,13-3)16-10/h9-12H,6-8H2,1-5H3. The molecule has 123 valence electrons. The molecular formula is C11H25O7Si3. The maximum Gasteiger partial charge on any atom is 0.562 e. The molecular weight excluding hydrogens is 328 g/mol. The summed E-state index contributed by atoms with van der Waals surface area (Å²) in [4.78, 5) is 10.3. The molecule has 0 saturated carbocycles. The Morgan fingerprint density at radius 1 is 1.24 bits per heavy atom. The number of hydrogen-bond donors (Lipinski definition) is 1. The summed E-state index contributed by atoms with van der Waals surface area (Å²) in [6.45, 7) is 7.38. The van der Waals surface area contributed by atoms with E-state index in [9.17, 15) is 4.80 Å². The number of fused-ring (bicyclic) bond motifs is 2. The zero-order chi connectivity index (χ0) is 15.7. The van der Waals surface area contributed by atoms with Crippen LogP contribution in [0.2, 0.25) is 13.1 Å². The summed E-state index contributed by atoms with van der Waals surface area (Å²) >= 11 is 0. The predicted molar refractivity (Wildman–Crippen MR) is 80.2 cm³/mol. The predicted octanol–water partition coefficient (Wildman–Crippen LogP) is 1.17. The van der Waals surface area contributed by atoms with Crippen LogP contribution in [0.15, 0.2) is 0 Å². The van der Waals surface area contributed by atoms with Crippen molar-refractivity contribution in [2.24, 2.45) is 0 Å². The van der Waals surface area contributed by atoms with E-state index in [1.54, 1.807) is 13.7 Å². The van der Waals surface area contributed by atoms with E-state index in [1.807, 2.05) is 13.5 Å². The molecule has 7 nitrogen and oxygen atoms in total. The van der Waals surface area contributed by atoms with Crippen molar-refractivity contribution < 1.29 is 30.7 Å². The third kappa shape index (κ3) is 4.92. The number of hydrogen-bond acceptors (Lipinski definition) is 7. The zero-order valence-corrected chi connectivity index (χ0v) is 16.3. The molecule has 0 aliphatic carbocycles. The van der Waals surface area contributed by atoms with Crippen LogP contribution in [0.4, 0.5) is 0 Å². The first-order valence-electron chi connectivity index (χ1n) is 7.30. The molecule has 1 radical (unpaired) electrons. The summed E-state index contributed by atoms with van der Waals surface area (Å²) in [5, 5.41) is 0. The summed E-state index contributed by atoms with van der Waals surface area (Å²) in [6.07, 6.45) is 2.15. The fourth-order valence-corrected chi connectivity index (χ4v) is 8.89. The van der Waals surface area contributed by atoms with Crippen molar-refractivity contribution in [3.8, 4) is 0 Å². The van der Waals surface area contributed by atoms with Gasteiger partial charge in [0.15, 0.2) is 0 Å². The maximum absolute atomic E-state index is 10.3. The van der Waals surface area contributed by atoms with Crippen molar-refractivity contribution in [2.75, 3.05) is 7.11 Å². The van der Waals surface area contributed by atoms with Crippen molar-refractivity contribution in [2.45, 2.75) is 64.5 Å². The van der Waals surface area contributed by atoms with Crippen molar-refractivity contribution in [3.63, 3.8) is 0 Å². The van der Waals surface area contributed by atoms with E-state index in [-0.39, 0.29) is 18.3 Å². The highest BCUT2D eigenvalue weighted by Gasteiger charge is 2.50. The smallest absolute Gasteiger partial charge is 0.390 e. The molecule has 21 heavy (non-hydrogen) atoms. The van der Waals surface area contributed by atoms with Crippen molar-refractivity contribution >= 4 is 27.1 Å². The van der Waals surface area contributed by atoms with Gasteiger partial charge in [0, 0.05) is 26.3 Å². The Labute approximate surface area is 130 Å². The lowest BCUT2D eigenvalue weighted by atomic mass is 10.0. The lowest BCUT2D eigenvalue weighted by Crippen LogP contribution is -2.59. The second-order valence-corrected chi connectivity index (χ2v) is 12.5. The number of rotatable bonds is 2. The second kappa shape index (κ2) is 6.86. The first kappa shape index (κ1) is 17.7. The monoisotopic (exact) mass is 353 g/mol. The van der Waals surface area contributed by atoms with Gasteiger partial charge in [0.2, 0.25) is 0 Å². The second-order valence-electron chi connectivity index (χ2n) is 5.71. The lowest BCUT2D eigenvalue weighted by molar-refractivity contribution is -0.0403. The molecule has 0 amide bonds. The average Bonchev–Trinajstić information content (AvgIpc) is 2.32. The summed E-state index contributed by atoms with van der Waals surface area (Å²) in [6, 6.07) is 0. The molecule has 2 rings (SSSR count). The first-order valence-corrected chi connectivity index (χ1v) is 13.0. The third-order valence-corrected chi connectivity index (χ3v) is 10.8. The van der Waals surface area contributed by atoms with Crippen LogP contribution in [0.5, 0.6) is 0 Å². The first-order chi connectivity index (χ1) is 9.75. The Kier molecular flexibility index (Phi) is 5.79. The van der Waals surface area contributed by atoms with Crippen LogP contribution in [0, 0.1) is 0 Å².